The quantitative estimate of drug-likeness (QED) is 0.666. The van der Waals surface area contributed by atoms with Gasteiger partial charge in [-0.25, -0.2) is 0 Å². The molecule has 1 aliphatic heterocycles. The Morgan fingerprint density at radius 3 is 2.72 bits per heavy atom. The van der Waals surface area contributed by atoms with Crippen molar-refractivity contribution in [2.45, 2.75) is 26.4 Å². The van der Waals surface area contributed by atoms with E-state index in [1.165, 1.54) is 17.2 Å². The molecule has 0 aliphatic carbocycles. The highest BCUT2D eigenvalue weighted by atomic mass is 16.3. The van der Waals surface area contributed by atoms with E-state index < -0.39 is 23.5 Å². The average molecular weight is 388 g/mol. The minimum atomic E-state index is -0.756. The number of benzene rings is 1. The summed E-state index contributed by atoms with van der Waals surface area (Å²) in [5, 5.41) is 10.6. The number of hydrogen-bond donors (Lipinski definition) is 1. The van der Waals surface area contributed by atoms with Crippen molar-refractivity contribution in [3.05, 3.63) is 100 Å². The number of Topliss-reactive ketones (excluding diaryl/α,β-unsaturated/α-hetero) is 1. The van der Waals surface area contributed by atoms with Crippen LogP contribution in [0.15, 0.2) is 76.9 Å². The SMILES string of the molecule is Cc1ccc(C)c(CN2C(=O)C(O)=C(C(=O)c3ccco3)C2c2cccnc2)c1. The Labute approximate surface area is 168 Å². The number of amides is 1. The van der Waals surface area contributed by atoms with Gasteiger partial charge < -0.3 is 14.4 Å². The van der Waals surface area contributed by atoms with Crippen LogP contribution in [0.1, 0.15) is 38.9 Å². The third kappa shape index (κ3) is 3.33. The van der Waals surface area contributed by atoms with Crippen molar-refractivity contribution in [2.24, 2.45) is 0 Å². The predicted octanol–water partition coefficient (Wildman–Crippen LogP) is 4.07. The zero-order chi connectivity index (χ0) is 20.5. The van der Waals surface area contributed by atoms with Crippen molar-refractivity contribution in [3.8, 4) is 0 Å². The van der Waals surface area contributed by atoms with Crippen molar-refractivity contribution in [2.75, 3.05) is 0 Å². The molecule has 6 nitrogen and oxygen atoms in total. The fourth-order valence-corrected chi connectivity index (χ4v) is 3.63. The Morgan fingerprint density at radius 2 is 2.03 bits per heavy atom. The van der Waals surface area contributed by atoms with Gasteiger partial charge in [0.1, 0.15) is 0 Å². The van der Waals surface area contributed by atoms with E-state index in [2.05, 4.69) is 4.98 Å². The van der Waals surface area contributed by atoms with E-state index in [0.717, 1.165) is 16.7 Å². The molecule has 146 valence electrons. The first-order chi connectivity index (χ1) is 14.0. The highest BCUT2D eigenvalue weighted by Crippen LogP contribution is 2.40. The highest BCUT2D eigenvalue weighted by Gasteiger charge is 2.44. The molecule has 3 heterocycles. The van der Waals surface area contributed by atoms with Crippen LogP contribution in [0.25, 0.3) is 0 Å². The molecule has 1 aliphatic rings. The number of aliphatic hydroxyl groups excluding tert-OH is 1. The lowest BCUT2D eigenvalue weighted by atomic mass is 9.95. The molecule has 1 atom stereocenters. The normalized spacial score (nSPS) is 16.6. The van der Waals surface area contributed by atoms with Crippen LogP contribution >= 0.6 is 0 Å². The lowest BCUT2D eigenvalue weighted by Gasteiger charge is -2.27. The molecule has 6 heteroatoms. The second-order valence-corrected chi connectivity index (χ2v) is 7.12. The Bertz CT molecular complexity index is 1100. The largest absolute Gasteiger partial charge is 0.503 e. The summed E-state index contributed by atoms with van der Waals surface area (Å²) in [6.07, 6.45) is 4.60. The molecule has 0 saturated heterocycles. The maximum Gasteiger partial charge on any atom is 0.290 e. The molecular formula is C23H20N2O4. The maximum atomic E-state index is 13.1. The van der Waals surface area contributed by atoms with E-state index in [9.17, 15) is 14.7 Å². The number of nitrogens with zero attached hydrogens (tertiary/aromatic N) is 2. The number of pyridine rings is 1. The van der Waals surface area contributed by atoms with Gasteiger partial charge in [-0.05, 0) is 48.7 Å². The molecule has 0 radical (unpaired) electrons. The van der Waals surface area contributed by atoms with Gasteiger partial charge in [-0.15, -0.1) is 0 Å². The van der Waals surface area contributed by atoms with Crippen LogP contribution in [0, 0.1) is 13.8 Å². The number of aryl methyl sites for hydroxylation is 2. The van der Waals surface area contributed by atoms with Gasteiger partial charge in [0.25, 0.3) is 5.91 Å². The standard InChI is InChI=1S/C23H20N2O4/c1-14-7-8-15(2)17(11-14)13-25-20(16-5-3-9-24-12-16)19(22(27)23(25)28)21(26)18-6-4-10-29-18/h3-12,20,27H,13H2,1-2H3. The first-order valence-electron chi connectivity index (χ1n) is 9.25. The van der Waals surface area contributed by atoms with Crippen molar-refractivity contribution in [3.63, 3.8) is 0 Å². The summed E-state index contributed by atoms with van der Waals surface area (Å²) in [6.45, 7) is 4.20. The lowest BCUT2D eigenvalue weighted by molar-refractivity contribution is -0.130. The molecule has 0 saturated carbocycles. The third-order valence-electron chi connectivity index (χ3n) is 5.14. The smallest absolute Gasteiger partial charge is 0.290 e. The van der Waals surface area contributed by atoms with E-state index in [0.29, 0.717) is 5.56 Å². The van der Waals surface area contributed by atoms with Crippen LogP contribution in [0.2, 0.25) is 0 Å². The number of furan rings is 1. The number of carbonyl (C=O) groups excluding carboxylic acids is 2. The van der Waals surface area contributed by atoms with Crippen molar-refractivity contribution < 1.29 is 19.1 Å². The Kier molecular flexibility index (Phi) is 4.76. The second kappa shape index (κ2) is 7.39. The molecule has 0 spiro atoms. The monoisotopic (exact) mass is 388 g/mol. The van der Waals surface area contributed by atoms with E-state index in [-0.39, 0.29) is 17.9 Å². The Hall–Kier alpha value is -3.67. The van der Waals surface area contributed by atoms with E-state index in [1.54, 1.807) is 30.6 Å². The average Bonchev–Trinajstić information content (AvgIpc) is 3.34. The Morgan fingerprint density at radius 1 is 1.21 bits per heavy atom. The van der Waals surface area contributed by atoms with Gasteiger partial charge in [0.15, 0.2) is 11.5 Å². The molecule has 4 rings (SSSR count). The summed E-state index contributed by atoms with van der Waals surface area (Å²) in [5.41, 5.74) is 3.69. The van der Waals surface area contributed by atoms with Crippen molar-refractivity contribution in [1.29, 1.82) is 0 Å². The highest BCUT2D eigenvalue weighted by molar-refractivity contribution is 6.14. The summed E-state index contributed by atoms with van der Waals surface area (Å²) in [6, 6.07) is 11.9. The van der Waals surface area contributed by atoms with Gasteiger partial charge in [-0.1, -0.05) is 29.8 Å². The van der Waals surface area contributed by atoms with Crippen molar-refractivity contribution >= 4 is 11.7 Å². The van der Waals surface area contributed by atoms with Crippen LogP contribution in [0.4, 0.5) is 0 Å². The van der Waals surface area contributed by atoms with Crippen LogP contribution in [-0.2, 0) is 11.3 Å². The topological polar surface area (TPSA) is 83.6 Å². The summed E-state index contributed by atoms with van der Waals surface area (Å²) < 4.78 is 5.22. The van der Waals surface area contributed by atoms with Gasteiger partial charge in [0.05, 0.1) is 17.9 Å². The molecule has 3 aromatic rings. The number of carbonyl (C=O) groups is 2. The van der Waals surface area contributed by atoms with Crippen LogP contribution in [0.3, 0.4) is 0 Å². The molecule has 1 unspecified atom stereocenters. The number of ketones is 1. The fraction of sp³-hybridized carbons (Fsp3) is 0.174. The number of aliphatic hydroxyl groups is 1. The summed E-state index contributed by atoms with van der Waals surface area (Å²) >= 11 is 0. The zero-order valence-electron chi connectivity index (χ0n) is 16.1. The second-order valence-electron chi connectivity index (χ2n) is 7.12. The molecular weight excluding hydrogens is 368 g/mol. The van der Waals surface area contributed by atoms with Gasteiger partial charge in [-0.2, -0.15) is 0 Å². The Balaban J connectivity index is 1.80. The molecule has 1 aromatic carbocycles. The molecule has 1 amide bonds. The van der Waals surface area contributed by atoms with Gasteiger partial charge in [-0.3, -0.25) is 14.6 Å². The van der Waals surface area contributed by atoms with E-state index >= 15 is 0 Å². The summed E-state index contributed by atoms with van der Waals surface area (Å²) in [4.78, 5) is 31.7. The van der Waals surface area contributed by atoms with Crippen LogP contribution < -0.4 is 0 Å². The number of hydrogen-bond acceptors (Lipinski definition) is 5. The minimum Gasteiger partial charge on any atom is -0.503 e. The zero-order valence-corrected chi connectivity index (χ0v) is 16.1. The molecule has 1 N–H and O–H groups in total. The van der Waals surface area contributed by atoms with Crippen LogP contribution in [0.5, 0.6) is 0 Å². The minimum absolute atomic E-state index is 0.00301. The maximum absolute atomic E-state index is 13.1. The first kappa shape index (κ1) is 18.7. The van der Waals surface area contributed by atoms with Gasteiger partial charge in [0.2, 0.25) is 5.78 Å². The first-order valence-corrected chi connectivity index (χ1v) is 9.25. The molecule has 29 heavy (non-hydrogen) atoms. The molecule has 0 bridgehead atoms. The molecule has 0 fully saturated rings. The lowest BCUT2D eigenvalue weighted by Crippen LogP contribution is -2.31. The van der Waals surface area contributed by atoms with E-state index in [1.807, 2.05) is 32.0 Å². The summed E-state index contributed by atoms with van der Waals surface area (Å²) in [5.74, 6) is -1.58. The van der Waals surface area contributed by atoms with E-state index in [4.69, 9.17) is 4.42 Å². The summed E-state index contributed by atoms with van der Waals surface area (Å²) in [7, 11) is 0. The van der Waals surface area contributed by atoms with Crippen molar-refractivity contribution in [1.82, 2.24) is 9.88 Å². The predicted molar refractivity (Wildman–Crippen MR) is 106 cm³/mol. The molecule has 2 aromatic heterocycles. The fourth-order valence-electron chi connectivity index (χ4n) is 3.63. The third-order valence-corrected chi connectivity index (χ3v) is 5.14. The van der Waals surface area contributed by atoms with Crippen LogP contribution in [-0.4, -0.2) is 26.7 Å². The number of rotatable bonds is 5. The van der Waals surface area contributed by atoms with Gasteiger partial charge in [0, 0.05) is 18.9 Å². The van der Waals surface area contributed by atoms with Gasteiger partial charge >= 0.3 is 0 Å². The number of aromatic nitrogens is 1.